The van der Waals surface area contributed by atoms with Crippen molar-refractivity contribution in [3.05, 3.63) is 34.3 Å². The number of benzene rings is 1. The Labute approximate surface area is 147 Å². The number of ether oxygens (including phenoxy) is 1. The van der Waals surface area contributed by atoms with Crippen LogP contribution < -0.4 is 5.32 Å². The van der Waals surface area contributed by atoms with Gasteiger partial charge in [-0.3, -0.25) is 14.4 Å². The maximum Gasteiger partial charge on any atom is 0.308 e. The summed E-state index contributed by atoms with van der Waals surface area (Å²) in [5.74, 6) is -2.83. The fraction of sp³-hybridized carbons (Fsp3) is 0.312. The molecule has 0 aliphatic rings. The average Bonchev–Trinajstić information content (AvgIpc) is 2.53. The lowest BCUT2D eigenvalue weighted by Crippen LogP contribution is -2.28. The Morgan fingerprint density at radius 2 is 1.96 bits per heavy atom. The molecule has 0 aliphatic carbocycles. The van der Waals surface area contributed by atoms with Crippen molar-refractivity contribution in [2.45, 2.75) is 13.3 Å². The first-order valence-corrected chi connectivity index (χ1v) is 7.81. The largest absolute Gasteiger partial charge is 0.458 e. The van der Waals surface area contributed by atoms with Crippen LogP contribution in [-0.4, -0.2) is 36.5 Å². The van der Waals surface area contributed by atoms with E-state index in [0.717, 1.165) is 4.47 Å². The zero-order chi connectivity index (χ0) is 18.1. The van der Waals surface area contributed by atoms with Crippen molar-refractivity contribution in [1.29, 1.82) is 10.7 Å². The maximum absolute atomic E-state index is 11.8. The summed E-state index contributed by atoms with van der Waals surface area (Å²) in [5.41, 5.74) is 0.361. The number of nitriles is 1. The average molecular weight is 394 g/mol. The molecule has 0 spiro atoms. The van der Waals surface area contributed by atoms with Crippen LogP contribution >= 0.6 is 15.9 Å². The van der Waals surface area contributed by atoms with Gasteiger partial charge in [-0.05, 0) is 31.2 Å². The van der Waals surface area contributed by atoms with Crippen LogP contribution in [0.5, 0.6) is 0 Å². The molecule has 1 atom stereocenters. The standard InChI is InChI=1S/C16H16BrN3O4/c1-10(19)13(8-18)14(21)9-24-15(22)6-7-20-16(23)11-2-4-12(17)5-3-11/h2-5,13,19H,6-7,9H2,1H3,(H,20,23). The predicted molar refractivity (Wildman–Crippen MR) is 89.6 cm³/mol. The summed E-state index contributed by atoms with van der Waals surface area (Å²) in [5, 5.41) is 18.6. The minimum absolute atomic E-state index is 0.0627. The molecule has 0 bridgehead atoms. The SMILES string of the molecule is CC(=N)C(C#N)C(=O)COC(=O)CCNC(=O)c1ccc(Br)cc1. The van der Waals surface area contributed by atoms with Crippen molar-refractivity contribution < 1.29 is 19.1 Å². The first-order chi connectivity index (χ1) is 11.3. The van der Waals surface area contributed by atoms with Crippen LogP contribution in [-0.2, 0) is 14.3 Å². The van der Waals surface area contributed by atoms with Gasteiger partial charge in [0.2, 0.25) is 0 Å². The van der Waals surface area contributed by atoms with Crippen LogP contribution in [0.2, 0.25) is 0 Å². The Morgan fingerprint density at radius 3 is 2.50 bits per heavy atom. The van der Waals surface area contributed by atoms with E-state index in [9.17, 15) is 14.4 Å². The zero-order valence-corrected chi connectivity index (χ0v) is 14.6. The predicted octanol–water partition coefficient (Wildman–Crippen LogP) is 1.86. The van der Waals surface area contributed by atoms with Crippen molar-refractivity contribution in [1.82, 2.24) is 5.32 Å². The first kappa shape index (κ1) is 19.5. The quantitative estimate of drug-likeness (QED) is 0.515. The molecule has 1 rings (SSSR count). The van der Waals surface area contributed by atoms with E-state index >= 15 is 0 Å². The lowest BCUT2D eigenvalue weighted by Gasteiger charge is -2.08. The molecule has 1 aromatic carbocycles. The topological polar surface area (TPSA) is 120 Å². The van der Waals surface area contributed by atoms with Crippen molar-refractivity contribution in [2.75, 3.05) is 13.2 Å². The van der Waals surface area contributed by atoms with Gasteiger partial charge in [0.05, 0.1) is 12.5 Å². The van der Waals surface area contributed by atoms with Gasteiger partial charge in [-0.25, -0.2) is 0 Å². The fourth-order valence-electron chi connectivity index (χ4n) is 1.70. The molecular weight excluding hydrogens is 378 g/mol. The molecule has 1 unspecified atom stereocenters. The van der Waals surface area contributed by atoms with E-state index in [1.807, 2.05) is 0 Å². The van der Waals surface area contributed by atoms with E-state index < -0.39 is 24.3 Å². The summed E-state index contributed by atoms with van der Waals surface area (Å²) in [6.45, 7) is 0.840. The number of esters is 1. The zero-order valence-electron chi connectivity index (χ0n) is 13.0. The van der Waals surface area contributed by atoms with Crippen LogP contribution in [0.1, 0.15) is 23.7 Å². The first-order valence-electron chi connectivity index (χ1n) is 7.02. The molecule has 0 saturated carbocycles. The lowest BCUT2D eigenvalue weighted by molar-refractivity contribution is -0.148. The Kier molecular flexibility index (Phi) is 7.79. The van der Waals surface area contributed by atoms with E-state index in [4.69, 9.17) is 15.4 Å². The Hall–Kier alpha value is -2.53. The number of halogens is 1. The second kappa shape index (κ2) is 9.57. The fourth-order valence-corrected chi connectivity index (χ4v) is 1.96. The molecule has 126 valence electrons. The molecule has 0 fully saturated rings. The number of ketones is 1. The van der Waals surface area contributed by atoms with Crippen molar-refractivity contribution in [3.8, 4) is 6.07 Å². The van der Waals surface area contributed by atoms with Gasteiger partial charge in [-0.1, -0.05) is 15.9 Å². The number of Topliss-reactive ketones (excluding diaryl/α,β-unsaturated/α-hetero) is 1. The number of nitrogens with zero attached hydrogens (tertiary/aromatic N) is 1. The van der Waals surface area contributed by atoms with Crippen LogP contribution in [0.25, 0.3) is 0 Å². The van der Waals surface area contributed by atoms with Gasteiger partial charge < -0.3 is 15.5 Å². The second-order valence-electron chi connectivity index (χ2n) is 4.88. The summed E-state index contributed by atoms with van der Waals surface area (Å²) in [7, 11) is 0. The highest BCUT2D eigenvalue weighted by Gasteiger charge is 2.21. The van der Waals surface area contributed by atoms with Crippen molar-refractivity contribution in [3.63, 3.8) is 0 Å². The summed E-state index contributed by atoms with van der Waals surface area (Å²) >= 11 is 3.27. The molecule has 1 amide bonds. The summed E-state index contributed by atoms with van der Waals surface area (Å²) in [4.78, 5) is 34.9. The van der Waals surface area contributed by atoms with Crippen LogP contribution in [0.15, 0.2) is 28.7 Å². The molecule has 0 radical (unpaired) electrons. The van der Waals surface area contributed by atoms with Gasteiger partial charge >= 0.3 is 5.97 Å². The van der Waals surface area contributed by atoms with Gasteiger partial charge in [0.1, 0.15) is 5.92 Å². The van der Waals surface area contributed by atoms with Gasteiger partial charge in [0, 0.05) is 22.3 Å². The molecule has 2 N–H and O–H groups in total. The smallest absolute Gasteiger partial charge is 0.308 e. The minimum Gasteiger partial charge on any atom is -0.458 e. The second-order valence-corrected chi connectivity index (χ2v) is 5.80. The summed E-state index contributed by atoms with van der Waals surface area (Å²) in [6, 6.07) is 8.41. The number of amides is 1. The Morgan fingerprint density at radius 1 is 1.33 bits per heavy atom. The molecule has 0 aliphatic heterocycles. The van der Waals surface area contributed by atoms with Gasteiger partial charge in [0.15, 0.2) is 12.4 Å². The highest BCUT2D eigenvalue weighted by Crippen LogP contribution is 2.10. The third-order valence-corrected chi connectivity index (χ3v) is 3.51. The molecule has 7 nitrogen and oxygen atoms in total. The molecule has 24 heavy (non-hydrogen) atoms. The van der Waals surface area contributed by atoms with Gasteiger partial charge in [-0.2, -0.15) is 5.26 Å². The Balaban J connectivity index is 2.33. The molecular formula is C16H16BrN3O4. The number of hydrogen-bond donors (Lipinski definition) is 2. The van der Waals surface area contributed by atoms with Crippen molar-refractivity contribution in [2.24, 2.45) is 5.92 Å². The molecule has 1 aromatic rings. The highest BCUT2D eigenvalue weighted by molar-refractivity contribution is 9.10. The van der Waals surface area contributed by atoms with Crippen LogP contribution in [0, 0.1) is 22.7 Å². The monoisotopic (exact) mass is 393 g/mol. The normalized spacial score (nSPS) is 11.0. The Bertz CT molecular complexity index is 680. The van der Waals surface area contributed by atoms with Crippen LogP contribution in [0.4, 0.5) is 0 Å². The van der Waals surface area contributed by atoms with E-state index in [0.29, 0.717) is 5.56 Å². The lowest BCUT2D eigenvalue weighted by atomic mass is 10.0. The highest BCUT2D eigenvalue weighted by atomic mass is 79.9. The van der Waals surface area contributed by atoms with E-state index in [2.05, 4.69) is 21.2 Å². The number of nitrogens with one attached hydrogen (secondary N) is 2. The third kappa shape index (κ3) is 6.30. The number of hydrogen-bond acceptors (Lipinski definition) is 6. The number of carbonyl (C=O) groups is 3. The van der Waals surface area contributed by atoms with E-state index in [1.165, 1.54) is 6.92 Å². The number of carbonyl (C=O) groups excluding carboxylic acids is 3. The molecule has 8 heteroatoms. The van der Waals surface area contributed by atoms with E-state index in [1.54, 1.807) is 30.3 Å². The summed E-state index contributed by atoms with van der Waals surface area (Å²) in [6.07, 6.45) is -0.101. The van der Waals surface area contributed by atoms with Gasteiger partial charge in [0.25, 0.3) is 5.91 Å². The van der Waals surface area contributed by atoms with Crippen LogP contribution in [0.3, 0.4) is 0 Å². The minimum atomic E-state index is -1.20. The molecule has 0 saturated heterocycles. The van der Waals surface area contributed by atoms with E-state index in [-0.39, 0.29) is 24.6 Å². The molecule has 0 aromatic heterocycles. The van der Waals surface area contributed by atoms with Crippen molar-refractivity contribution >= 4 is 39.3 Å². The number of rotatable bonds is 8. The molecule has 0 heterocycles. The third-order valence-electron chi connectivity index (χ3n) is 2.98. The summed E-state index contributed by atoms with van der Waals surface area (Å²) < 4.78 is 5.60. The maximum atomic E-state index is 11.8. The van der Waals surface area contributed by atoms with Gasteiger partial charge in [-0.15, -0.1) is 0 Å².